The van der Waals surface area contributed by atoms with Gasteiger partial charge in [0, 0.05) is 37.9 Å². The highest BCUT2D eigenvalue weighted by Crippen LogP contribution is 2.23. The molecule has 7 heteroatoms. The summed E-state index contributed by atoms with van der Waals surface area (Å²) in [6.45, 7) is 3.79. The van der Waals surface area contributed by atoms with Crippen LogP contribution in [0.5, 0.6) is 5.75 Å². The maximum Gasteiger partial charge on any atom is 0.238 e. The van der Waals surface area contributed by atoms with E-state index in [1.807, 2.05) is 24.3 Å². The van der Waals surface area contributed by atoms with Crippen molar-refractivity contribution in [2.75, 3.05) is 50.1 Å². The molecule has 2 heterocycles. The molecule has 2 aliphatic rings. The predicted molar refractivity (Wildman–Crippen MR) is 104 cm³/mol. The number of anilines is 2. The second-order valence-electron chi connectivity index (χ2n) is 7.07. The van der Waals surface area contributed by atoms with Crippen LogP contribution in [-0.4, -0.2) is 60.8 Å². The van der Waals surface area contributed by atoms with Gasteiger partial charge in [0.05, 0.1) is 19.3 Å². The monoisotopic (exact) mass is 367 g/mol. The Balaban J connectivity index is 1.28. The first-order valence-electron chi connectivity index (χ1n) is 9.48. The summed E-state index contributed by atoms with van der Waals surface area (Å²) in [5.41, 5.74) is 3.26. The van der Waals surface area contributed by atoms with Gasteiger partial charge in [-0.25, -0.2) is 0 Å². The van der Waals surface area contributed by atoms with Crippen LogP contribution >= 0.6 is 0 Å². The first-order chi connectivity index (χ1) is 13.2. The molecule has 0 unspecified atom stereocenters. The molecule has 1 aromatic heterocycles. The number of nitrogens with one attached hydrogen (secondary N) is 1. The van der Waals surface area contributed by atoms with E-state index in [0.29, 0.717) is 6.54 Å². The van der Waals surface area contributed by atoms with Crippen LogP contribution in [0.4, 0.5) is 11.5 Å². The van der Waals surface area contributed by atoms with Crippen molar-refractivity contribution in [3.63, 3.8) is 0 Å². The van der Waals surface area contributed by atoms with Gasteiger partial charge in [0.1, 0.15) is 5.75 Å². The number of piperazine rings is 1. The van der Waals surface area contributed by atoms with Crippen LogP contribution in [-0.2, 0) is 17.6 Å². The van der Waals surface area contributed by atoms with Gasteiger partial charge in [-0.2, -0.15) is 5.10 Å². The Morgan fingerprint density at radius 2 is 2.00 bits per heavy atom. The lowest BCUT2D eigenvalue weighted by molar-refractivity contribution is -0.117. The van der Waals surface area contributed by atoms with Gasteiger partial charge in [0.15, 0.2) is 5.82 Å². The highest BCUT2D eigenvalue weighted by molar-refractivity contribution is 5.92. The number of aryl methyl sites for hydroxylation is 2. The lowest BCUT2D eigenvalue weighted by Gasteiger charge is -2.34. The lowest BCUT2D eigenvalue weighted by Crippen LogP contribution is -2.49. The van der Waals surface area contributed by atoms with E-state index in [-0.39, 0.29) is 5.91 Å². The third-order valence-corrected chi connectivity index (χ3v) is 5.22. The van der Waals surface area contributed by atoms with Gasteiger partial charge in [-0.05, 0) is 43.0 Å². The summed E-state index contributed by atoms with van der Waals surface area (Å²) in [4.78, 5) is 16.8. The molecule has 1 aliphatic carbocycles. The number of carbonyl (C=O) groups is 1. The Kier molecular flexibility index (Phi) is 5.20. The highest BCUT2D eigenvalue weighted by atomic mass is 16.5. The van der Waals surface area contributed by atoms with E-state index in [4.69, 9.17) is 4.74 Å². The number of fused-ring (bicyclic) bond motifs is 1. The fraction of sp³-hybridized carbons (Fsp3) is 0.450. The van der Waals surface area contributed by atoms with Gasteiger partial charge < -0.3 is 15.0 Å². The fourth-order valence-electron chi connectivity index (χ4n) is 3.71. The van der Waals surface area contributed by atoms with Crippen LogP contribution in [0.15, 0.2) is 30.3 Å². The summed E-state index contributed by atoms with van der Waals surface area (Å²) in [5, 5.41) is 11.7. The number of nitrogens with zero attached hydrogens (tertiary/aromatic N) is 4. The largest absolute Gasteiger partial charge is 0.497 e. The number of carbonyl (C=O) groups excluding carboxylic acids is 1. The predicted octanol–water partition coefficient (Wildman–Crippen LogP) is 1.73. The molecule has 4 rings (SSSR count). The Labute approximate surface area is 159 Å². The van der Waals surface area contributed by atoms with Crippen molar-refractivity contribution in [3.8, 4) is 5.75 Å². The van der Waals surface area contributed by atoms with E-state index < -0.39 is 0 Å². The van der Waals surface area contributed by atoms with Crippen LogP contribution in [0.3, 0.4) is 0 Å². The molecule has 27 heavy (non-hydrogen) atoms. The molecule has 0 atom stereocenters. The van der Waals surface area contributed by atoms with Gasteiger partial charge >= 0.3 is 0 Å². The van der Waals surface area contributed by atoms with Crippen molar-refractivity contribution in [1.29, 1.82) is 0 Å². The third-order valence-electron chi connectivity index (χ3n) is 5.22. The minimum absolute atomic E-state index is 0.00553. The van der Waals surface area contributed by atoms with Gasteiger partial charge in [0.2, 0.25) is 5.91 Å². The topological polar surface area (TPSA) is 70.6 Å². The van der Waals surface area contributed by atoms with Crippen LogP contribution < -0.4 is 15.0 Å². The van der Waals surface area contributed by atoms with Crippen LogP contribution in [0.1, 0.15) is 17.7 Å². The summed E-state index contributed by atoms with van der Waals surface area (Å²) in [6.07, 6.45) is 3.35. The molecule has 0 spiro atoms. The van der Waals surface area contributed by atoms with Crippen molar-refractivity contribution in [2.45, 2.75) is 19.3 Å². The molecule has 1 aromatic carbocycles. The first-order valence-corrected chi connectivity index (χ1v) is 9.48. The number of hydrogen-bond acceptors (Lipinski definition) is 6. The summed E-state index contributed by atoms with van der Waals surface area (Å²) >= 11 is 0. The van der Waals surface area contributed by atoms with E-state index in [1.165, 1.54) is 12.0 Å². The zero-order chi connectivity index (χ0) is 18.6. The number of rotatable bonds is 5. The molecule has 0 saturated carbocycles. The maximum absolute atomic E-state index is 12.3. The molecule has 1 saturated heterocycles. The molecular weight excluding hydrogens is 342 g/mol. The average molecular weight is 367 g/mol. The van der Waals surface area contributed by atoms with E-state index in [9.17, 15) is 4.79 Å². The van der Waals surface area contributed by atoms with Gasteiger partial charge in [0.25, 0.3) is 0 Å². The number of ether oxygens (including phenoxy) is 1. The Morgan fingerprint density at radius 1 is 1.15 bits per heavy atom. The number of methoxy groups -OCH3 is 1. The van der Waals surface area contributed by atoms with E-state index in [1.54, 1.807) is 7.11 Å². The summed E-state index contributed by atoms with van der Waals surface area (Å²) < 4.78 is 5.19. The molecule has 7 nitrogen and oxygen atoms in total. The van der Waals surface area contributed by atoms with Crippen molar-refractivity contribution in [2.24, 2.45) is 0 Å². The summed E-state index contributed by atoms with van der Waals surface area (Å²) in [6, 6.07) is 9.61. The van der Waals surface area contributed by atoms with Crippen LogP contribution in [0, 0.1) is 0 Å². The number of amides is 1. The van der Waals surface area contributed by atoms with Gasteiger partial charge in [-0.1, -0.05) is 6.07 Å². The quantitative estimate of drug-likeness (QED) is 0.868. The molecule has 1 aliphatic heterocycles. The molecule has 2 aromatic rings. The van der Waals surface area contributed by atoms with Crippen molar-refractivity contribution in [1.82, 2.24) is 15.1 Å². The average Bonchev–Trinajstić information content (AvgIpc) is 3.16. The summed E-state index contributed by atoms with van der Waals surface area (Å²) in [5.74, 6) is 1.70. The third kappa shape index (κ3) is 4.19. The first kappa shape index (κ1) is 17.7. The van der Waals surface area contributed by atoms with Crippen LogP contribution in [0.2, 0.25) is 0 Å². The number of benzene rings is 1. The minimum atomic E-state index is -0.00553. The zero-order valence-corrected chi connectivity index (χ0v) is 15.6. The van der Waals surface area contributed by atoms with E-state index >= 15 is 0 Å². The lowest BCUT2D eigenvalue weighted by atomic mass is 10.2. The Bertz CT molecular complexity index is 818. The Morgan fingerprint density at radius 3 is 2.81 bits per heavy atom. The van der Waals surface area contributed by atoms with Crippen molar-refractivity contribution >= 4 is 17.4 Å². The fourth-order valence-corrected chi connectivity index (χ4v) is 3.71. The molecule has 1 N–H and O–H groups in total. The molecule has 0 bridgehead atoms. The van der Waals surface area contributed by atoms with E-state index in [0.717, 1.165) is 62.0 Å². The summed E-state index contributed by atoms with van der Waals surface area (Å²) in [7, 11) is 1.62. The van der Waals surface area contributed by atoms with Gasteiger partial charge in [-0.3, -0.25) is 9.69 Å². The van der Waals surface area contributed by atoms with Crippen molar-refractivity contribution < 1.29 is 9.53 Å². The Hall–Kier alpha value is -2.67. The molecule has 142 valence electrons. The smallest absolute Gasteiger partial charge is 0.238 e. The van der Waals surface area contributed by atoms with E-state index in [2.05, 4.69) is 31.4 Å². The molecule has 1 fully saturated rings. The molecule has 0 radical (unpaired) electrons. The normalized spacial score (nSPS) is 16.9. The highest BCUT2D eigenvalue weighted by Gasteiger charge is 2.22. The SMILES string of the molecule is COc1cccc(NC(=O)CN2CCN(c3cc4c(nn3)CCC4)CC2)c1. The second kappa shape index (κ2) is 7.92. The molecular formula is C20H25N5O2. The standard InChI is InChI=1S/C20H25N5O2/c1-27-17-6-3-5-16(13-17)21-20(26)14-24-8-10-25(11-9-24)19-12-15-4-2-7-18(15)22-23-19/h3,5-6,12-13H,2,4,7-11,14H2,1H3,(H,21,26). The van der Waals surface area contributed by atoms with Gasteiger partial charge in [-0.15, -0.1) is 5.10 Å². The van der Waals surface area contributed by atoms with Crippen LogP contribution in [0.25, 0.3) is 0 Å². The zero-order valence-electron chi connectivity index (χ0n) is 15.6. The molecule has 1 amide bonds. The minimum Gasteiger partial charge on any atom is -0.497 e. The number of aromatic nitrogens is 2. The van der Waals surface area contributed by atoms with Crippen molar-refractivity contribution in [3.05, 3.63) is 41.6 Å². The second-order valence-corrected chi connectivity index (χ2v) is 7.07. The number of hydrogen-bond donors (Lipinski definition) is 1. The maximum atomic E-state index is 12.3.